The van der Waals surface area contributed by atoms with Crippen molar-refractivity contribution in [2.45, 2.75) is 38.9 Å². The van der Waals surface area contributed by atoms with Gasteiger partial charge >= 0.3 is 0 Å². The molecule has 80 valence electrons. The Labute approximate surface area is 90.2 Å². The van der Waals surface area contributed by atoms with Gasteiger partial charge in [0.2, 0.25) is 0 Å². The normalized spacial score (nSPS) is 14.8. The van der Waals surface area contributed by atoms with E-state index in [0.29, 0.717) is 11.7 Å². The van der Waals surface area contributed by atoms with Gasteiger partial charge in [0.25, 0.3) is 0 Å². The van der Waals surface area contributed by atoms with Gasteiger partial charge in [-0.25, -0.2) is 8.42 Å². The lowest BCUT2D eigenvalue weighted by Gasteiger charge is -2.12. The van der Waals surface area contributed by atoms with Gasteiger partial charge in [-0.2, -0.15) is 0 Å². The van der Waals surface area contributed by atoms with Gasteiger partial charge in [0.1, 0.15) is 0 Å². The van der Waals surface area contributed by atoms with Gasteiger partial charge in [-0.15, -0.1) is 0 Å². The Balaban J connectivity index is 4.01. The highest BCUT2D eigenvalue weighted by atomic mass is 79.9. The van der Waals surface area contributed by atoms with E-state index in [4.69, 9.17) is 0 Å². The van der Waals surface area contributed by atoms with Crippen LogP contribution in [0.5, 0.6) is 0 Å². The first-order valence-electron chi connectivity index (χ1n) is 4.71. The van der Waals surface area contributed by atoms with Crippen LogP contribution in [0.25, 0.3) is 0 Å². The molecule has 2 nitrogen and oxygen atoms in total. The molecule has 0 spiro atoms. The fraction of sp³-hybridized carbons (Fsp3) is 1.00. The Bertz CT molecular complexity index is 218. The molecule has 0 aliphatic heterocycles. The molecule has 1 unspecified atom stereocenters. The molecule has 0 amide bonds. The second-order valence-corrected chi connectivity index (χ2v) is 6.96. The first-order valence-corrected chi connectivity index (χ1v) is 7.55. The van der Waals surface area contributed by atoms with Crippen LogP contribution < -0.4 is 0 Å². The van der Waals surface area contributed by atoms with Crippen LogP contribution in [0.4, 0.5) is 0 Å². The summed E-state index contributed by atoms with van der Waals surface area (Å²) in [4.78, 5) is 0. The minimum Gasteiger partial charge on any atom is -0.229 e. The maximum absolute atomic E-state index is 11.5. The molecule has 0 saturated heterocycles. The summed E-state index contributed by atoms with van der Waals surface area (Å²) in [5, 5.41) is 0.664. The molecule has 0 aromatic carbocycles. The third-order valence-electron chi connectivity index (χ3n) is 2.32. The average Bonchev–Trinajstić information content (AvgIpc) is 2.06. The summed E-state index contributed by atoms with van der Waals surface area (Å²) in [6.45, 7) is 5.57. The van der Waals surface area contributed by atoms with Crippen LogP contribution in [0.1, 0.15) is 33.6 Å². The van der Waals surface area contributed by atoms with E-state index >= 15 is 0 Å². The Morgan fingerprint density at radius 2 is 1.85 bits per heavy atom. The van der Waals surface area contributed by atoms with Crippen molar-refractivity contribution in [3.05, 3.63) is 0 Å². The molecule has 0 aliphatic carbocycles. The average molecular weight is 271 g/mol. The van der Waals surface area contributed by atoms with Gasteiger partial charge < -0.3 is 0 Å². The Kier molecular flexibility index (Phi) is 6.21. The molecule has 13 heavy (non-hydrogen) atoms. The summed E-state index contributed by atoms with van der Waals surface area (Å²) in [6.07, 6.45) is 1.82. The van der Waals surface area contributed by atoms with Crippen molar-refractivity contribution in [1.82, 2.24) is 0 Å². The van der Waals surface area contributed by atoms with Crippen LogP contribution in [0.2, 0.25) is 0 Å². The molecule has 0 saturated carbocycles. The molecule has 1 atom stereocenters. The zero-order valence-corrected chi connectivity index (χ0v) is 11.0. The Hall–Kier alpha value is 0.430. The number of sulfone groups is 1. The van der Waals surface area contributed by atoms with Gasteiger partial charge in [0.15, 0.2) is 9.84 Å². The summed E-state index contributed by atoms with van der Waals surface area (Å²) in [5.74, 6) is 0.822. The molecular weight excluding hydrogens is 252 g/mol. The number of rotatable bonds is 6. The van der Waals surface area contributed by atoms with Gasteiger partial charge in [-0.1, -0.05) is 29.3 Å². The molecular formula is C9H19BrO2S. The number of hydrogen-bond acceptors (Lipinski definition) is 2. The van der Waals surface area contributed by atoms with Crippen molar-refractivity contribution in [2.75, 3.05) is 11.1 Å². The summed E-state index contributed by atoms with van der Waals surface area (Å²) >= 11 is 3.39. The molecule has 0 aromatic rings. The van der Waals surface area contributed by atoms with E-state index in [1.165, 1.54) is 0 Å². The maximum atomic E-state index is 11.5. The van der Waals surface area contributed by atoms with Gasteiger partial charge in [-0.05, 0) is 26.2 Å². The molecule has 0 fully saturated rings. The number of alkyl halides is 1. The third-order valence-corrected chi connectivity index (χ3v) is 5.48. The molecule has 4 heteroatoms. The lowest BCUT2D eigenvalue weighted by molar-refractivity contribution is 0.538. The number of halogens is 1. The van der Waals surface area contributed by atoms with E-state index in [9.17, 15) is 8.42 Å². The van der Waals surface area contributed by atoms with Crippen LogP contribution in [0, 0.1) is 5.92 Å². The summed E-state index contributed by atoms with van der Waals surface area (Å²) in [5.41, 5.74) is 0. The van der Waals surface area contributed by atoms with Crippen molar-refractivity contribution < 1.29 is 8.42 Å². The van der Waals surface area contributed by atoms with E-state index in [1.807, 2.05) is 0 Å². The monoisotopic (exact) mass is 270 g/mol. The quantitative estimate of drug-likeness (QED) is 0.696. The Morgan fingerprint density at radius 3 is 2.15 bits per heavy atom. The van der Waals surface area contributed by atoms with Gasteiger partial charge in [0, 0.05) is 5.33 Å². The first-order chi connectivity index (χ1) is 5.94. The van der Waals surface area contributed by atoms with Crippen molar-refractivity contribution in [1.29, 1.82) is 0 Å². The minimum absolute atomic E-state index is 0.236. The second kappa shape index (κ2) is 6.02. The van der Waals surface area contributed by atoms with Gasteiger partial charge in [0.05, 0.1) is 11.0 Å². The topological polar surface area (TPSA) is 34.1 Å². The largest absolute Gasteiger partial charge is 0.229 e. The summed E-state index contributed by atoms with van der Waals surface area (Å²) < 4.78 is 22.9. The predicted octanol–water partition coefficient (Wildman–Crippen LogP) is 2.62. The van der Waals surface area contributed by atoms with Crippen molar-refractivity contribution >= 4 is 25.8 Å². The van der Waals surface area contributed by atoms with Crippen molar-refractivity contribution in [3.63, 3.8) is 0 Å². The first kappa shape index (κ1) is 13.4. The Morgan fingerprint density at radius 1 is 1.31 bits per heavy atom. The van der Waals surface area contributed by atoms with Crippen LogP contribution in [-0.2, 0) is 9.84 Å². The zero-order chi connectivity index (χ0) is 10.5. The summed E-state index contributed by atoms with van der Waals surface area (Å²) in [6, 6.07) is 0. The maximum Gasteiger partial charge on any atom is 0.152 e. The fourth-order valence-electron chi connectivity index (χ4n) is 0.957. The van der Waals surface area contributed by atoms with Crippen LogP contribution in [0.3, 0.4) is 0 Å². The van der Waals surface area contributed by atoms with Crippen LogP contribution >= 0.6 is 15.9 Å². The lowest BCUT2D eigenvalue weighted by Crippen LogP contribution is -2.20. The SMILES string of the molecule is CCC(CBr)CCS(=O)(=O)C(C)C. The van der Waals surface area contributed by atoms with Gasteiger partial charge in [-0.3, -0.25) is 0 Å². The summed E-state index contributed by atoms with van der Waals surface area (Å²) in [7, 11) is -2.83. The van der Waals surface area contributed by atoms with E-state index in [2.05, 4.69) is 22.9 Å². The third kappa shape index (κ3) is 5.01. The highest BCUT2D eigenvalue weighted by Crippen LogP contribution is 2.14. The second-order valence-electron chi connectivity index (χ2n) is 3.63. The van der Waals surface area contributed by atoms with E-state index < -0.39 is 9.84 Å². The zero-order valence-electron chi connectivity index (χ0n) is 8.59. The molecule has 0 aromatic heterocycles. The smallest absolute Gasteiger partial charge is 0.152 e. The van der Waals surface area contributed by atoms with Crippen molar-refractivity contribution in [3.8, 4) is 0 Å². The van der Waals surface area contributed by atoms with E-state index in [1.54, 1.807) is 13.8 Å². The molecule has 0 radical (unpaired) electrons. The number of hydrogen-bond donors (Lipinski definition) is 0. The standard InChI is InChI=1S/C9H19BrO2S/c1-4-9(7-10)5-6-13(11,12)8(2)3/h8-9H,4-7H2,1-3H3. The molecule has 0 N–H and O–H groups in total. The van der Waals surface area contributed by atoms with E-state index in [0.717, 1.165) is 18.2 Å². The fourth-order valence-corrected chi connectivity index (χ4v) is 2.87. The van der Waals surface area contributed by atoms with Crippen LogP contribution in [0.15, 0.2) is 0 Å². The molecule has 0 heterocycles. The molecule has 0 rings (SSSR count). The van der Waals surface area contributed by atoms with Crippen molar-refractivity contribution in [2.24, 2.45) is 5.92 Å². The molecule has 0 aliphatic rings. The van der Waals surface area contributed by atoms with E-state index in [-0.39, 0.29) is 5.25 Å². The molecule has 0 bridgehead atoms. The van der Waals surface area contributed by atoms with Crippen LogP contribution in [-0.4, -0.2) is 24.8 Å². The minimum atomic E-state index is -2.83. The highest BCUT2D eigenvalue weighted by molar-refractivity contribution is 9.09. The predicted molar refractivity (Wildman–Crippen MR) is 61.1 cm³/mol. The highest BCUT2D eigenvalue weighted by Gasteiger charge is 2.17. The lowest BCUT2D eigenvalue weighted by atomic mass is 10.1.